The van der Waals surface area contributed by atoms with E-state index < -0.39 is 0 Å². The number of para-hydroxylation sites is 1. The number of benzene rings is 1. The standard InChI is InChI=1S/C19H30N2O3S/c1-4-22-19(23-5-2)15(3)13-25-14-24-21-11-10-16-12-20-18-9-7-6-8-17(16)18/h6-9,12,15,19-21H,4-5,10-11,13-14H2,1-3H3. The third kappa shape index (κ3) is 6.64. The minimum atomic E-state index is -0.127. The number of nitrogens with one attached hydrogen (secondary N) is 2. The second kappa shape index (κ2) is 11.5. The van der Waals surface area contributed by atoms with Crippen molar-refractivity contribution >= 4 is 22.7 Å². The molecule has 0 radical (unpaired) electrons. The van der Waals surface area contributed by atoms with E-state index in [2.05, 4.69) is 41.8 Å². The van der Waals surface area contributed by atoms with Crippen LogP contribution in [0.25, 0.3) is 10.9 Å². The van der Waals surface area contributed by atoms with Crippen LogP contribution in [-0.2, 0) is 20.7 Å². The fraction of sp³-hybridized carbons (Fsp3) is 0.579. The highest BCUT2D eigenvalue weighted by Gasteiger charge is 2.17. The summed E-state index contributed by atoms with van der Waals surface area (Å²) in [7, 11) is 0. The van der Waals surface area contributed by atoms with Crippen molar-refractivity contribution in [3.8, 4) is 0 Å². The Morgan fingerprint density at radius 1 is 1.16 bits per heavy atom. The van der Waals surface area contributed by atoms with Crippen LogP contribution in [0.3, 0.4) is 0 Å². The number of hydrogen-bond acceptors (Lipinski definition) is 5. The van der Waals surface area contributed by atoms with Gasteiger partial charge in [0.2, 0.25) is 0 Å². The number of H-pyrrole nitrogens is 1. The summed E-state index contributed by atoms with van der Waals surface area (Å²) in [5, 5.41) is 1.28. The highest BCUT2D eigenvalue weighted by molar-refractivity contribution is 7.99. The molecule has 0 saturated carbocycles. The maximum atomic E-state index is 5.62. The summed E-state index contributed by atoms with van der Waals surface area (Å²) in [6.45, 7) is 8.27. The summed E-state index contributed by atoms with van der Waals surface area (Å²) in [5.41, 5.74) is 5.54. The van der Waals surface area contributed by atoms with E-state index in [1.807, 2.05) is 19.9 Å². The van der Waals surface area contributed by atoms with Crippen LogP contribution in [0, 0.1) is 5.92 Å². The Morgan fingerprint density at radius 3 is 2.68 bits per heavy atom. The van der Waals surface area contributed by atoms with E-state index in [0.29, 0.717) is 25.1 Å². The highest BCUT2D eigenvalue weighted by atomic mass is 32.2. The fourth-order valence-electron chi connectivity index (χ4n) is 2.70. The normalized spacial score (nSPS) is 13.0. The molecule has 2 N–H and O–H groups in total. The third-order valence-corrected chi connectivity index (χ3v) is 4.97. The lowest BCUT2D eigenvalue weighted by Gasteiger charge is -2.23. The van der Waals surface area contributed by atoms with Gasteiger partial charge in [0.25, 0.3) is 0 Å². The number of fused-ring (bicyclic) bond motifs is 1. The van der Waals surface area contributed by atoms with Gasteiger partial charge in [-0.25, -0.2) is 5.48 Å². The van der Waals surface area contributed by atoms with Crippen molar-refractivity contribution in [2.45, 2.75) is 33.5 Å². The van der Waals surface area contributed by atoms with Gasteiger partial charge in [-0.05, 0) is 31.9 Å². The minimum Gasteiger partial charge on any atom is -0.361 e. The van der Waals surface area contributed by atoms with Gasteiger partial charge in [0, 0.05) is 48.5 Å². The maximum Gasteiger partial charge on any atom is 0.160 e. The summed E-state index contributed by atoms with van der Waals surface area (Å²) in [6, 6.07) is 8.35. The zero-order chi connectivity index (χ0) is 17.9. The van der Waals surface area contributed by atoms with Crippen LogP contribution < -0.4 is 5.48 Å². The number of ether oxygens (including phenoxy) is 2. The molecule has 5 nitrogen and oxygen atoms in total. The number of aromatic nitrogens is 1. The second-order valence-electron chi connectivity index (χ2n) is 5.89. The Balaban J connectivity index is 1.57. The van der Waals surface area contributed by atoms with Crippen molar-refractivity contribution in [3.63, 3.8) is 0 Å². The molecule has 25 heavy (non-hydrogen) atoms. The molecular formula is C19H30N2O3S. The molecule has 2 aromatic rings. The lowest BCUT2D eigenvalue weighted by Crippen LogP contribution is -2.27. The summed E-state index contributed by atoms with van der Waals surface area (Å²) < 4.78 is 11.2. The first-order valence-corrected chi connectivity index (χ1v) is 10.1. The zero-order valence-corrected chi connectivity index (χ0v) is 16.2. The van der Waals surface area contributed by atoms with Crippen molar-refractivity contribution < 1.29 is 14.3 Å². The quantitative estimate of drug-likeness (QED) is 0.319. The Kier molecular flexibility index (Phi) is 9.36. The van der Waals surface area contributed by atoms with Gasteiger partial charge in [0.05, 0.1) is 0 Å². The van der Waals surface area contributed by atoms with Crippen molar-refractivity contribution in [1.29, 1.82) is 0 Å². The molecular weight excluding hydrogens is 336 g/mol. The van der Waals surface area contributed by atoms with Crippen LogP contribution in [0.15, 0.2) is 30.5 Å². The monoisotopic (exact) mass is 366 g/mol. The topological polar surface area (TPSA) is 55.5 Å². The van der Waals surface area contributed by atoms with Gasteiger partial charge in [0.15, 0.2) is 6.29 Å². The number of hydrogen-bond donors (Lipinski definition) is 2. The number of hydroxylamine groups is 1. The molecule has 0 spiro atoms. The molecule has 0 aliphatic rings. The Bertz CT molecular complexity index is 599. The van der Waals surface area contributed by atoms with Crippen LogP contribution in [0.4, 0.5) is 0 Å². The van der Waals surface area contributed by atoms with E-state index in [1.165, 1.54) is 16.5 Å². The van der Waals surface area contributed by atoms with Crippen molar-refractivity contribution in [3.05, 3.63) is 36.0 Å². The van der Waals surface area contributed by atoms with E-state index in [9.17, 15) is 0 Å². The molecule has 0 fully saturated rings. The second-order valence-corrected chi connectivity index (χ2v) is 6.87. The molecule has 140 valence electrons. The first-order chi connectivity index (χ1) is 12.3. The molecule has 0 bridgehead atoms. The van der Waals surface area contributed by atoms with E-state index in [-0.39, 0.29) is 6.29 Å². The first-order valence-electron chi connectivity index (χ1n) is 8.96. The van der Waals surface area contributed by atoms with E-state index in [1.54, 1.807) is 11.8 Å². The molecule has 1 aromatic carbocycles. The molecule has 0 aliphatic carbocycles. The van der Waals surface area contributed by atoms with E-state index >= 15 is 0 Å². The molecule has 2 rings (SSSR count). The van der Waals surface area contributed by atoms with E-state index in [0.717, 1.165) is 18.7 Å². The molecule has 1 heterocycles. The smallest absolute Gasteiger partial charge is 0.160 e. The van der Waals surface area contributed by atoms with Crippen molar-refractivity contribution in [2.75, 3.05) is 31.5 Å². The van der Waals surface area contributed by atoms with Gasteiger partial charge in [0.1, 0.15) is 5.94 Å². The van der Waals surface area contributed by atoms with Crippen LogP contribution in [0.5, 0.6) is 0 Å². The molecule has 6 heteroatoms. The number of aromatic amines is 1. The van der Waals surface area contributed by atoms with Gasteiger partial charge in [-0.15, -0.1) is 11.8 Å². The maximum absolute atomic E-state index is 5.62. The first kappa shape index (κ1) is 20.3. The van der Waals surface area contributed by atoms with Crippen LogP contribution >= 0.6 is 11.8 Å². The van der Waals surface area contributed by atoms with Gasteiger partial charge in [-0.1, -0.05) is 25.1 Å². The van der Waals surface area contributed by atoms with Crippen LogP contribution in [0.2, 0.25) is 0 Å². The summed E-state index contributed by atoms with van der Waals surface area (Å²) in [4.78, 5) is 8.81. The average Bonchev–Trinajstić information content (AvgIpc) is 3.04. The Labute approximate surface area is 154 Å². The highest BCUT2D eigenvalue weighted by Crippen LogP contribution is 2.18. The Hall–Kier alpha value is -1.05. The summed E-state index contributed by atoms with van der Waals surface area (Å²) in [5.74, 6) is 1.89. The van der Waals surface area contributed by atoms with Gasteiger partial charge >= 0.3 is 0 Å². The lowest BCUT2D eigenvalue weighted by molar-refractivity contribution is -0.158. The largest absolute Gasteiger partial charge is 0.361 e. The third-order valence-electron chi connectivity index (χ3n) is 3.92. The van der Waals surface area contributed by atoms with Crippen LogP contribution in [-0.4, -0.2) is 42.7 Å². The average molecular weight is 367 g/mol. The molecule has 1 unspecified atom stereocenters. The molecule has 0 saturated heterocycles. The lowest BCUT2D eigenvalue weighted by atomic mass is 10.1. The van der Waals surface area contributed by atoms with Gasteiger partial charge in [-0.2, -0.15) is 0 Å². The van der Waals surface area contributed by atoms with Crippen molar-refractivity contribution in [2.24, 2.45) is 5.92 Å². The molecule has 1 aromatic heterocycles. The minimum absolute atomic E-state index is 0.127. The van der Waals surface area contributed by atoms with Gasteiger partial charge in [-0.3, -0.25) is 4.84 Å². The molecule has 0 amide bonds. The SMILES string of the molecule is CCOC(OCC)C(C)CSCONCCc1c[nH]c2ccccc12. The zero-order valence-electron chi connectivity index (χ0n) is 15.4. The predicted molar refractivity (Wildman–Crippen MR) is 105 cm³/mol. The summed E-state index contributed by atoms with van der Waals surface area (Å²) in [6.07, 6.45) is 2.88. The Morgan fingerprint density at radius 2 is 1.92 bits per heavy atom. The number of rotatable bonds is 13. The molecule has 0 aliphatic heterocycles. The van der Waals surface area contributed by atoms with Crippen LogP contribution in [0.1, 0.15) is 26.3 Å². The fourth-order valence-corrected chi connectivity index (χ4v) is 3.49. The van der Waals surface area contributed by atoms with Gasteiger partial charge < -0.3 is 14.5 Å². The summed E-state index contributed by atoms with van der Waals surface area (Å²) >= 11 is 1.74. The number of thioether (sulfide) groups is 1. The van der Waals surface area contributed by atoms with Crippen molar-refractivity contribution in [1.82, 2.24) is 10.5 Å². The predicted octanol–water partition coefficient (Wildman–Crippen LogP) is 3.96. The molecule has 1 atom stereocenters. The van der Waals surface area contributed by atoms with E-state index in [4.69, 9.17) is 14.3 Å².